The number of aliphatic hydroxyl groups is 4. The fraction of sp³-hybridized carbons (Fsp3) is 0.812. The third kappa shape index (κ3) is 6.12. The van der Waals surface area contributed by atoms with Gasteiger partial charge in [0.1, 0.15) is 24.4 Å². The van der Waals surface area contributed by atoms with E-state index in [2.05, 4.69) is 0 Å². The minimum atomic E-state index is -1.44. The number of carbonyl (C=O) groups is 1. The third-order valence-corrected chi connectivity index (χ3v) is 4.19. The van der Waals surface area contributed by atoms with Crippen LogP contribution in [0.2, 0.25) is 0 Å². The summed E-state index contributed by atoms with van der Waals surface area (Å²) in [6.45, 7) is 3.33. The van der Waals surface area contributed by atoms with Gasteiger partial charge in [-0.2, -0.15) is 0 Å². The number of carboxylic acids is 1. The van der Waals surface area contributed by atoms with Gasteiger partial charge in [-0.05, 0) is 32.1 Å². The van der Waals surface area contributed by atoms with Crippen molar-refractivity contribution < 1.29 is 39.8 Å². The fourth-order valence-corrected chi connectivity index (χ4v) is 2.41. The minimum Gasteiger partial charge on any atom is -0.478 e. The molecular weight excluding hydrogens is 320 g/mol. The quantitative estimate of drug-likeness (QED) is 0.356. The lowest BCUT2D eigenvalue weighted by atomic mass is 9.99. The van der Waals surface area contributed by atoms with Gasteiger partial charge in [-0.15, -0.1) is 0 Å². The molecule has 0 saturated carbocycles. The molecule has 1 aliphatic rings. The molecule has 24 heavy (non-hydrogen) atoms. The summed E-state index contributed by atoms with van der Waals surface area (Å²) in [6.07, 6.45) is -2.53. The highest BCUT2D eigenvalue weighted by Crippen LogP contribution is 2.22. The van der Waals surface area contributed by atoms with Gasteiger partial charge >= 0.3 is 5.97 Å². The Bertz CT molecular complexity index is 422. The molecule has 0 aromatic rings. The van der Waals surface area contributed by atoms with Crippen molar-refractivity contribution in [3.8, 4) is 0 Å². The van der Waals surface area contributed by atoms with Gasteiger partial charge in [0.2, 0.25) is 0 Å². The summed E-state index contributed by atoms with van der Waals surface area (Å²) in [5, 5.41) is 47.0. The molecule has 0 aromatic heterocycles. The summed E-state index contributed by atoms with van der Waals surface area (Å²) in [6, 6.07) is 0. The van der Waals surface area contributed by atoms with E-state index in [1.54, 1.807) is 13.0 Å². The normalized spacial score (nSPS) is 32.6. The number of carboxylic acid groups (broad SMARTS) is 1. The Kier molecular flexibility index (Phi) is 8.82. The Hall–Kier alpha value is -1.03. The molecular formula is C16H28O8. The summed E-state index contributed by atoms with van der Waals surface area (Å²) >= 11 is 0. The molecule has 8 nitrogen and oxygen atoms in total. The lowest BCUT2D eigenvalue weighted by molar-refractivity contribution is -0.301. The zero-order valence-electron chi connectivity index (χ0n) is 14.0. The number of hydrogen-bond acceptors (Lipinski definition) is 7. The first-order valence-corrected chi connectivity index (χ1v) is 8.10. The van der Waals surface area contributed by atoms with E-state index in [-0.39, 0.29) is 12.5 Å². The number of hydrogen-bond donors (Lipinski definition) is 5. The fourth-order valence-electron chi connectivity index (χ4n) is 2.41. The van der Waals surface area contributed by atoms with Crippen LogP contribution in [-0.2, 0) is 14.3 Å². The molecule has 0 bridgehead atoms. The van der Waals surface area contributed by atoms with Crippen LogP contribution in [0.1, 0.15) is 33.1 Å². The summed E-state index contributed by atoms with van der Waals surface area (Å²) in [7, 11) is 0. The maximum absolute atomic E-state index is 10.7. The molecule has 0 unspecified atom stereocenters. The van der Waals surface area contributed by atoms with Crippen molar-refractivity contribution in [1.29, 1.82) is 0 Å². The highest BCUT2D eigenvalue weighted by molar-refractivity contribution is 5.85. The van der Waals surface area contributed by atoms with Gasteiger partial charge < -0.3 is 35.0 Å². The SMILES string of the molecule is C/C(=C\CC[C@@H](C)CCO[C@@H]1O[C@H](CO)[C@@H](O)[C@H](O)[C@H]1O)C(=O)O. The topological polar surface area (TPSA) is 137 Å². The average molecular weight is 348 g/mol. The van der Waals surface area contributed by atoms with Crippen LogP contribution in [0.5, 0.6) is 0 Å². The second-order valence-electron chi connectivity index (χ2n) is 6.23. The van der Waals surface area contributed by atoms with E-state index in [1.165, 1.54) is 0 Å². The molecule has 1 heterocycles. The molecule has 0 radical (unpaired) electrons. The Morgan fingerprint density at radius 3 is 2.46 bits per heavy atom. The van der Waals surface area contributed by atoms with E-state index in [1.807, 2.05) is 6.92 Å². The highest BCUT2D eigenvalue weighted by Gasteiger charge is 2.43. The van der Waals surface area contributed by atoms with Crippen LogP contribution in [0.25, 0.3) is 0 Å². The van der Waals surface area contributed by atoms with Crippen LogP contribution in [-0.4, -0.2) is 75.4 Å². The van der Waals surface area contributed by atoms with Gasteiger partial charge in [-0.25, -0.2) is 4.79 Å². The molecule has 0 spiro atoms. The second-order valence-corrected chi connectivity index (χ2v) is 6.23. The number of aliphatic hydroxyl groups excluding tert-OH is 4. The number of ether oxygens (including phenoxy) is 2. The van der Waals surface area contributed by atoms with E-state index < -0.39 is 43.3 Å². The zero-order valence-corrected chi connectivity index (χ0v) is 14.0. The molecule has 5 N–H and O–H groups in total. The van der Waals surface area contributed by atoms with Crippen LogP contribution in [0.3, 0.4) is 0 Å². The number of rotatable bonds is 9. The minimum absolute atomic E-state index is 0.269. The lowest BCUT2D eigenvalue weighted by Gasteiger charge is -2.39. The monoisotopic (exact) mass is 348 g/mol. The maximum Gasteiger partial charge on any atom is 0.330 e. The zero-order chi connectivity index (χ0) is 18.3. The molecule has 1 fully saturated rings. The van der Waals surface area contributed by atoms with Gasteiger partial charge in [0, 0.05) is 5.57 Å². The Balaban J connectivity index is 2.33. The molecule has 140 valence electrons. The second kappa shape index (κ2) is 10.1. The Labute approximate surface area is 141 Å². The van der Waals surface area contributed by atoms with Crippen LogP contribution < -0.4 is 0 Å². The number of allylic oxidation sites excluding steroid dienone is 1. The van der Waals surface area contributed by atoms with Crippen molar-refractivity contribution in [1.82, 2.24) is 0 Å². The summed E-state index contributed by atoms with van der Waals surface area (Å²) in [5.41, 5.74) is 0.319. The smallest absolute Gasteiger partial charge is 0.330 e. The predicted molar refractivity (Wildman–Crippen MR) is 84.1 cm³/mol. The van der Waals surface area contributed by atoms with Crippen molar-refractivity contribution in [2.45, 2.75) is 63.8 Å². The van der Waals surface area contributed by atoms with E-state index in [4.69, 9.17) is 19.7 Å². The van der Waals surface area contributed by atoms with Crippen molar-refractivity contribution in [3.63, 3.8) is 0 Å². The van der Waals surface area contributed by atoms with Crippen molar-refractivity contribution >= 4 is 5.97 Å². The van der Waals surface area contributed by atoms with E-state index in [0.717, 1.165) is 6.42 Å². The standard InChI is InChI=1S/C16H28O8/c1-9(4-3-5-10(2)15(21)22)6-7-23-16-14(20)13(19)12(18)11(8-17)24-16/h5,9,11-14,16-20H,3-4,6-8H2,1-2H3,(H,21,22)/b10-5+/t9-,11-,12-,13+,14-,16-/m1/s1. The van der Waals surface area contributed by atoms with Crippen LogP contribution >= 0.6 is 0 Å². The summed E-state index contributed by atoms with van der Waals surface area (Å²) in [4.78, 5) is 10.7. The predicted octanol–water partition coefficient (Wildman–Crippen LogP) is -0.360. The van der Waals surface area contributed by atoms with Crippen molar-refractivity contribution in [3.05, 3.63) is 11.6 Å². The van der Waals surface area contributed by atoms with Crippen LogP contribution in [0.15, 0.2) is 11.6 Å². The molecule has 0 amide bonds. The van der Waals surface area contributed by atoms with E-state index in [9.17, 15) is 20.1 Å². The Morgan fingerprint density at radius 2 is 1.88 bits per heavy atom. The molecule has 1 rings (SSSR count). The average Bonchev–Trinajstić information content (AvgIpc) is 2.54. The summed E-state index contributed by atoms with van der Waals surface area (Å²) in [5.74, 6) is -0.652. The van der Waals surface area contributed by atoms with Gasteiger partial charge in [-0.3, -0.25) is 0 Å². The number of aliphatic carboxylic acids is 1. The molecule has 8 heteroatoms. The first kappa shape index (κ1) is 21.0. The highest BCUT2D eigenvalue weighted by atomic mass is 16.7. The maximum atomic E-state index is 10.7. The van der Waals surface area contributed by atoms with Gasteiger partial charge in [0.05, 0.1) is 13.2 Å². The summed E-state index contributed by atoms with van der Waals surface area (Å²) < 4.78 is 10.7. The Morgan fingerprint density at radius 1 is 1.21 bits per heavy atom. The molecule has 6 atom stereocenters. The van der Waals surface area contributed by atoms with Gasteiger partial charge in [0.15, 0.2) is 6.29 Å². The van der Waals surface area contributed by atoms with E-state index in [0.29, 0.717) is 18.4 Å². The third-order valence-electron chi connectivity index (χ3n) is 4.19. The largest absolute Gasteiger partial charge is 0.478 e. The molecule has 0 aromatic carbocycles. The molecule has 1 aliphatic heterocycles. The van der Waals surface area contributed by atoms with Crippen molar-refractivity contribution in [2.24, 2.45) is 5.92 Å². The van der Waals surface area contributed by atoms with E-state index >= 15 is 0 Å². The molecule has 1 saturated heterocycles. The van der Waals surface area contributed by atoms with Gasteiger partial charge in [-0.1, -0.05) is 13.0 Å². The van der Waals surface area contributed by atoms with Crippen LogP contribution in [0.4, 0.5) is 0 Å². The van der Waals surface area contributed by atoms with Crippen LogP contribution in [0, 0.1) is 5.92 Å². The lowest BCUT2D eigenvalue weighted by Crippen LogP contribution is -2.59. The van der Waals surface area contributed by atoms with Gasteiger partial charge in [0.25, 0.3) is 0 Å². The molecule has 0 aliphatic carbocycles. The van der Waals surface area contributed by atoms with Crippen molar-refractivity contribution in [2.75, 3.05) is 13.2 Å². The first-order chi connectivity index (χ1) is 11.3. The first-order valence-electron chi connectivity index (χ1n) is 8.10.